The molecule has 24 heavy (non-hydrogen) atoms. The van der Waals surface area contributed by atoms with Gasteiger partial charge in [-0.2, -0.15) is 5.26 Å². The Bertz CT molecular complexity index is 815. The van der Waals surface area contributed by atoms with Gasteiger partial charge in [0.2, 0.25) is 5.75 Å². The maximum Gasteiger partial charge on any atom is 0.257 e. The van der Waals surface area contributed by atoms with Crippen LogP contribution in [-0.2, 0) is 0 Å². The summed E-state index contributed by atoms with van der Waals surface area (Å²) in [4.78, 5) is 12.6. The molecule has 0 aliphatic rings. The summed E-state index contributed by atoms with van der Waals surface area (Å²) in [5, 5.41) is 11.8. The molecule has 0 heterocycles. The molecule has 0 spiro atoms. The lowest BCUT2D eigenvalue weighted by Crippen LogP contribution is -2.14. The van der Waals surface area contributed by atoms with E-state index < -0.39 is 5.91 Å². The number of nitrogens with one attached hydrogen (secondary N) is 1. The molecule has 124 valence electrons. The van der Waals surface area contributed by atoms with Crippen LogP contribution < -0.4 is 19.5 Å². The molecule has 0 unspecified atom stereocenters. The number of para-hydroxylation sites is 1. The zero-order valence-electron chi connectivity index (χ0n) is 13.3. The number of hydrogen-bond donors (Lipinski definition) is 1. The fraction of sp³-hybridized carbons (Fsp3) is 0.176. The number of benzene rings is 2. The van der Waals surface area contributed by atoms with E-state index in [0.29, 0.717) is 33.0 Å². The molecular weight excluding hydrogens is 376 g/mol. The molecule has 0 aliphatic carbocycles. The number of hydrogen-bond acceptors (Lipinski definition) is 5. The van der Waals surface area contributed by atoms with Gasteiger partial charge in [0.05, 0.1) is 42.6 Å². The molecule has 0 fully saturated rings. The number of halogens is 1. The number of nitriles is 1. The number of carbonyl (C=O) groups is 1. The van der Waals surface area contributed by atoms with E-state index in [-0.39, 0.29) is 5.56 Å². The highest BCUT2D eigenvalue weighted by molar-refractivity contribution is 9.10. The molecule has 6 nitrogen and oxygen atoms in total. The van der Waals surface area contributed by atoms with Crippen molar-refractivity contribution < 1.29 is 19.0 Å². The Morgan fingerprint density at radius 2 is 1.79 bits per heavy atom. The zero-order valence-corrected chi connectivity index (χ0v) is 14.9. The Labute approximate surface area is 148 Å². The molecule has 0 aromatic heterocycles. The molecule has 0 saturated carbocycles. The first kappa shape index (κ1) is 17.6. The van der Waals surface area contributed by atoms with E-state index in [4.69, 9.17) is 19.5 Å². The molecule has 2 aromatic carbocycles. The molecule has 0 radical (unpaired) electrons. The largest absolute Gasteiger partial charge is 0.493 e. The third-order valence-electron chi connectivity index (χ3n) is 3.31. The van der Waals surface area contributed by atoms with Crippen LogP contribution in [0.15, 0.2) is 34.8 Å². The van der Waals surface area contributed by atoms with Crippen molar-refractivity contribution in [2.45, 2.75) is 0 Å². The molecule has 0 bridgehead atoms. The first-order valence-electron chi connectivity index (χ1n) is 6.86. The maximum atomic E-state index is 12.6. The number of ether oxygens (including phenoxy) is 3. The van der Waals surface area contributed by atoms with Crippen LogP contribution in [-0.4, -0.2) is 27.2 Å². The number of amides is 1. The molecule has 0 atom stereocenters. The average Bonchev–Trinajstić information content (AvgIpc) is 2.61. The van der Waals surface area contributed by atoms with Crippen molar-refractivity contribution in [3.8, 4) is 23.3 Å². The van der Waals surface area contributed by atoms with Crippen molar-refractivity contribution in [3.05, 3.63) is 45.9 Å². The van der Waals surface area contributed by atoms with Crippen LogP contribution in [0, 0.1) is 11.3 Å². The van der Waals surface area contributed by atoms with Crippen LogP contribution in [0.25, 0.3) is 0 Å². The minimum atomic E-state index is -0.413. The van der Waals surface area contributed by atoms with Crippen LogP contribution in [0.2, 0.25) is 0 Å². The number of rotatable bonds is 5. The number of nitrogens with zero attached hydrogens (tertiary/aromatic N) is 1. The molecular formula is C17H15BrN2O4. The predicted molar refractivity (Wildman–Crippen MR) is 92.9 cm³/mol. The number of anilines is 1. The van der Waals surface area contributed by atoms with Crippen LogP contribution in [0.1, 0.15) is 15.9 Å². The minimum Gasteiger partial charge on any atom is -0.493 e. The molecule has 1 amide bonds. The second kappa shape index (κ2) is 7.70. The van der Waals surface area contributed by atoms with E-state index in [1.165, 1.54) is 27.4 Å². The Kier molecular flexibility index (Phi) is 5.66. The topological polar surface area (TPSA) is 80.6 Å². The summed E-state index contributed by atoms with van der Waals surface area (Å²) < 4.78 is 16.3. The van der Waals surface area contributed by atoms with Crippen LogP contribution in [0.5, 0.6) is 17.2 Å². The van der Waals surface area contributed by atoms with Crippen LogP contribution in [0.3, 0.4) is 0 Å². The van der Waals surface area contributed by atoms with Gasteiger partial charge in [0.1, 0.15) is 6.07 Å². The fourth-order valence-electron chi connectivity index (χ4n) is 2.17. The van der Waals surface area contributed by atoms with Gasteiger partial charge >= 0.3 is 0 Å². The first-order chi connectivity index (χ1) is 11.6. The Morgan fingerprint density at radius 3 is 2.38 bits per heavy atom. The average molecular weight is 391 g/mol. The van der Waals surface area contributed by atoms with Crippen LogP contribution >= 0.6 is 15.9 Å². The van der Waals surface area contributed by atoms with Crippen molar-refractivity contribution in [1.82, 2.24) is 0 Å². The number of methoxy groups -OCH3 is 3. The fourth-order valence-corrected chi connectivity index (χ4v) is 2.80. The molecule has 7 heteroatoms. The summed E-state index contributed by atoms with van der Waals surface area (Å²) in [5.41, 5.74) is 1.08. The second-order valence-electron chi connectivity index (χ2n) is 4.62. The highest BCUT2D eigenvalue weighted by Crippen LogP contribution is 2.44. The molecule has 1 N–H and O–H groups in total. The van der Waals surface area contributed by atoms with Gasteiger partial charge in [-0.1, -0.05) is 12.1 Å². The SMILES string of the molecule is COc1cc(C(=O)Nc2ccccc2C#N)c(Br)c(OC)c1OC. The molecule has 0 aliphatic heterocycles. The van der Waals surface area contributed by atoms with Gasteiger partial charge in [0, 0.05) is 0 Å². The maximum absolute atomic E-state index is 12.6. The lowest BCUT2D eigenvalue weighted by atomic mass is 10.1. The van der Waals surface area contributed by atoms with E-state index in [1.807, 2.05) is 6.07 Å². The first-order valence-corrected chi connectivity index (χ1v) is 7.65. The number of carbonyl (C=O) groups excluding carboxylic acids is 1. The van der Waals surface area contributed by atoms with Crippen LogP contribution in [0.4, 0.5) is 5.69 Å². The summed E-state index contributed by atoms with van der Waals surface area (Å²) in [6.45, 7) is 0. The third-order valence-corrected chi connectivity index (χ3v) is 4.10. The van der Waals surface area contributed by atoms with Gasteiger partial charge in [0.25, 0.3) is 5.91 Å². The van der Waals surface area contributed by atoms with E-state index in [9.17, 15) is 4.79 Å². The quantitative estimate of drug-likeness (QED) is 0.843. The molecule has 2 rings (SSSR count). The summed E-state index contributed by atoms with van der Waals surface area (Å²) in [5.74, 6) is 0.663. The van der Waals surface area contributed by atoms with E-state index >= 15 is 0 Å². The Morgan fingerprint density at radius 1 is 1.12 bits per heavy atom. The van der Waals surface area contributed by atoms with E-state index in [2.05, 4.69) is 21.2 Å². The molecule has 0 saturated heterocycles. The summed E-state index contributed by atoms with van der Waals surface area (Å²) in [7, 11) is 4.42. The lowest BCUT2D eigenvalue weighted by molar-refractivity contribution is 0.102. The van der Waals surface area contributed by atoms with Gasteiger partial charge < -0.3 is 19.5 Å². The minimum absolute atomic E-state index is 0.289. The highest BCUT2D eigenvalue weighted by atomic mass is 79.9. The monoisotopic (exact) mass is 390 g/mol. The van der Waals surface area contributed by atoms with Crippen molar-refractivity contribution >= 4 is 27.5 Å². The normalized spacial score (nSPS) is 9.79. The zero-order chi connectivity index (χ0) is 17.7. The van der Waals surface area contributed by atoms with Crippen molar-refractivity contribution in [3.63, 3.8) is 0 Å². The van der Waals surface area contributed by atoms with E-state index in [1.54, 1.807) is 24.3 Å². The van der Waals surface area contributed by atoms with Crippen molar-refractivity contribution in [2.24, 2.45) is 0 Å². The lowest BCUT2D eigenvalue weighted by Gasteiger charge is -2.16. The second-order valence-corrected chi connectivity index (χ2v) is 5.41. The standard InChI is InChI=1S/C17H15BrN2O4/c1-22-13-8-11(14(18)16(24-3)15(13)23-2)17(21)20-12-7-5-4-6-10(12)9-19/h4-8H,1-3H3,(H,20,21). The van der Waals surface area contributed by atoms with Crippen molar-refractivity contribution in [1.29, 1.82) is 5.26 Å². The Balaban J connectivity index is 2.48. The van der Waals surface area contributed by atoms with Gasteiger partial charge in [-0.05, 0) is 34.1 Å². The Hall–Kier alpha value is -2.72. The smallest absolute Gasteiger partial charge is 0.257 e. The van der Waals surface area contributed by atoms with E-state index in [0.717, 1.165) is 0 Å². The van der Waals surface area contributed by atoms with Crippen molar-refractivity contribution in [2.75, 3.05) is 26.6 Å². The summed E-state index contributed by atoms with van der Waals surface area (Å²) in [6, 6.07) is 10.3. The predicted octanol–water partition coefficient (Wildman–Crippen LogP) is 3.60. The molecule has 2 aromatic rings. The summed E-state index contributed by atoms with van der Waals surface area (Å²) in [6.07, 6.45) is 0. The third kappa shape index (κ3) is 3.29. The van der Waals surface area contributed by atoms with Gasteiger partial charge in [-0.3, -0.25) is 4.79 Å². The highest BCUT2D eigenvalue weighted by Gasteiger charge is 2.23. The summed E-state index contributed by atoms with van der Waals surface area (Å²) >= 11 is 3.36. The van der Waals surface area contributed by atoms with Gasteiger partial charge in [-0.15, -0.1) is 0 Å². The van der Waals surface area contributed by atoms with Gasteiger partial charge in [-0.25, -0.2) is 0 Å². The van der Waals surface area contributed by atoms with Gasteiger partial charge in [0.15, 0.2) is 11.5 Å².